The Morgan fingerprint density at radius 3 is 2.77 bits per heavy atom. The van der Waals surface area contributed by atoms with E-state index in [1.165, 1.54) is 19.1 Å². The van der Waals surface area contributed by atoms with E-state index in [0.717, 1.165) is 0 Å². The van der Waals surface area contributed by atoms with Crippen molar-refractivity contribution in [3.05, 3.63) is 28.3 Å². The molecular weight excluding hydrogens is 199 g/mol. The molecular formula is C8H6ClFO3. The highest BCUT2D eigenvalue weighted by molar-refractivity contribution is 6.31. The fourth-order valence-electron chi connectivity index (χ4n) is 0.968. The number of hydrogen-bond donors (Lipinski definition) is 1. The van der Waals surface area contributed by atoms with Gasteiger partial charge in [0.15, 0.2) is 0 Å². The maximum absolute atomic E-state index is 11.6. The molecule has 1 rings (SSSR count). The first kappa shape index (κ1) is 9.80. The molecule has 0 heterocycles. The van der Waals surface area contributed by atoms with Crippen molar-refractivity contribution < 1.29 is 19.4 Å². The number of rotatable bonds is 1. The summed E-state index contributed by atoms with van der Waals surface area (Å²) in [7, 11) is 0. The van der Waals surface area contributed by atoms with E-state index in [1.54, 1.807) is 0 Å². The minimum atomic E-state index is -1.25. The van der Waals surface area contributed by atoms with E-state index in [1.807, 2.05) is 0 Å². The van der Waals surface area contributed by atoms with Gasteiger partial charge in [-0.1, -0.05) is 11.6 Å². The van der Waals surface area contributed by atoms with Crippen molar-refractivity contribution in [3.63, 3.8) is 0 Å². The average Bonchev–Trinajstić information content (AvgIpc) is 2.12. The zero-order chi connectivity index (χ0) is 10.0. The number of halogens is 2. The third-order valence-corrected chi connectivity index (χ3v) is 2.06. The molecule has 3 nitrogen and oxygen atoms in total. The predicted octanol–water partition coefficient (Wildman–Crippen LogP) is 2.40. The number of carbonyl (C=O) groups excluding carboxylic acids is 1. The van der Waals surface area contributed by atoms with Crippen LogP contribution in [-0.4, -0.2) is 11.1 Å². The van der Waals surface area contributed by atoms with Crippen LogP contribution in [0.4, 0.5) is 4.53 Å². The van der Waals surface area contributed by atoms with E-state index >= 15 is 0 Å². The Hall–Kier alpha value is -1.29. The molecule has 0 bridgehead atoms. The molecule has 5 heteroatoms. The SMILES string of the molecule is Cc1c(Cl)ccc(O)c1C(=O)OF. The summed E-state index contributed by atoms with van der Waals surface area (Å²) in [6, 6.07) is 2.60. The molecule has 1 aromatic rings. The first-order valence-corrected chi connectivity index (χ1v) is 3.76. The summed E-state index contributed by atoms with van der Waals surface area (Å²) >= 11 is 5.65. The average molecular weight is 205 g/mol. The highest BCUT2D eigenvalue weighted by atomic mass is 35.5. The van der Waals surface area contributed by atoms with Gasteiger partial charge in [-0.25, -0.2) is 9.74 Å². The van der Waals surface area contributed by atoms with Crippen LogP contribution in [0, 0.1) is 6.92 Å². The highest BCUT2D eigenvalue weighted by Crippen LogP contribution is 2.27. The summed E-state index contributed by atoms with van der Waals surface area (Å²) in [6.45, 7) is 1.48. The van der Waals surface area contributed by atoms with Gasteiger partial charge in [0.25, 0.3) is 0 Å². The maximum Gasteiger partial charge on any atom is 0.383 e. The van der Waals surface area contributed by atoms with Crippen LogP contribution in [0.15, 0.2) is 12.1 Å². The van der Waals surface area contributed by atoms with Crippen LogP contribution in [0.25, 0.3) is 0 Å². The molecule has 0 aliphatic carbocycles. The molecule has 0 atom stereocenters. The van der Waals surface area contributed by atoms with Crippen LogP contribution in [0.2, 0.25) is 5.02 Å². The van der Waals surface area contributed by atoms with Gasteiger partial charge in [0.05, 0.1) is 0 Å². The van der Waals surface area contributed by atoms with E-state index in [4.69, 9.17) is 11.6 Å². The van der Waals surface area contributed by atoms with Crippen molar-refractivity contribution in [1.82, 2.24) is 0 Å². The van der Waals surface area contributed by atoms with Gasteiger partial charge in [0.1, 0.15) is 11.3 Å². The molecule has 0 aliphatic heterocycles. The van der Waals surface area contributed by atoms with Crippen LogP contribution in [-0.2, 0) is 4.94 Å². The van der Waals surface area contributed by atoms with Crippen LogP contribution in [0.3, 0.4) is 0 Å². The lowest BCUT2D eigenvalue weighted by molar-refractivity contribution is -0.0790. The van der Waals surface area contributed by atoms with Gasteiger partial charge in [0, 0.05) is 9.55 Å². The lowest BCUT2D eigenvalue weighted by atomic mass is 10.1. The molecule has 13 heavy (non-hydrogen) atoms. The minimum Gasteiger partial charge on any atom is -0.507 e. The number of benzene rings is 1. The predicted molar refractivity (Wildman–Crippen MR) is 44.4 cm³/mol. The Morgan fingerprint density at radius 2 is 2.23 bits per heavy atom. The van der Waals surface area contributed by atoms with E-state index in [0.29, 0.717) is 0 Å². The number of carbonyl (C=O) groups is 1. The second-order valence-corrected chi connectivity index (χ2v) is 2.84. The summed E-state index contributed by atoms with van der Waals surface area (Å²) in [6.07, 6.45) is 0. The normalized spacial score (nSPS) is 9.77. The summed E-state index contributed by atoms with van der Waals surface area (Å²) in [5.74, 6) is -1.61. The van der Waals surface area contributed by atoms with Gasteiger partial charge < -0.3 is 5.11 Å². The zero-order valence-corrected chi connectivity index (χ0v) is 7.43. The standard InChI is InChI=1S/C8H6ClFO3/c1-4-5(9)2-3-6(11)7(4)8(12)13-10/h2-3,11H,1H3. The molecule has 1 N–H and O–H groups in total. The van der Waals surface area contributed by atoms with Gasteiger partial charge in [-0.05, 0) is 24.6 Å². The molecule has 0 aromatic heterocycles. The summed E-state index contributed by atoms with van der Waals surface area (Å²) in [5.41, 5.74) is 0.0271. The quantitative estimate of drug-likeness (QED) is 0.764. The molecule has 70 valence electrons. The van der Waals surface area contributed by atoms with E-state index < -0.39 is 5.97 Å². The molecule has 1 aromatic carbocycles. The van der Waals surface area contributed by atoms with Gasteiger partial charge in [-0.3, -0.25) is 0 Å². The van der Waals surface area contributed by atoms with Gasteiger partial charge in [0.2, 0.25) is 0 Å². The second-order valence-electron chi connectivity index (χ2n) is 2.43. The summed E-state index contributed by atoms with van der Waals surface area (Å²) < 4.78 is 11.6. The summed E-state index contributed by atoms with van der Waals surface area (Å²) in [5, 5.41) is 9.45. The Balaban J connectivity index is 3.33. The number of aromatic hydroxyl groups is 1. The molecule has 0 aliphatic rings. The molecule has 0 amide bonds. The molecule has 0 saturated carbocycles. The number of phenolic OH excluding ortho intramolecular Hbond substituents is 1. The van der Waals surface area contributed by atoms with Crippen LogP contribution < -0.4 is 0 Å². The van der Waals surface area contributed by atoms with E-state index in [2.05, 4.69) is 4.94 Å². The Morgan fingerprint density at radius 1 is 1.62 bits per heavy atom. The van der Waals surface area contributed by atoms with Crippen molar-refractivity contribution in [2.24, 2.45) is 0 Å². The van der Waals surface area contributed by atoms with Crippen LogP contribution in [0.1, 0.15) is 15.9 Å². The fraction of sp³-hybridized carbons (Fsp3) is 0.125. The van der Waals surface area contributed by atoms with Crippen molar-refractivity contribution >= 4 is 17.6 Å². The maximum atomic E-state index is 11.6. The second kappa shape index (κ2) is 3.62. The van der Waals surface area contributed by atoms with Crippen molar-refractivity contribution in [2.45, 2.75) is 6.92 Å². The lowest BCUT2D eigenvalue weighted by Gasteiger charge is -2.05. The molecule has 0 radical (unpaired) electrons. The van der Waals surface area contributed by atoms with Gasteiger partial charge in [-0.2, -0.15) is 0 Å². The smallest absolute Gasteiger partial charge is 0.383 e. The first-order chi connectivity index (χ1) is 6.07. The molecule has 0 saturated heterocycles. The number of hydrogen-bond acceptors (Lipinski definition) is 3. The third-order valence-electron chi connectivity index (χ3n) is 1.65. The minimum absolute atomic E-state index is 0.255. The highest BCUT2D eigenvalue weighted by Gasteiger charge is 2.18. The third kappa shape index (κ3) is 1.72. The largest absolute Gasteiger partial charge is 0.507 e. The Bertz CT molecular complexity index is 351. The monoisotopic (exact) mass is 204 g/mol. The molecule has 0 spiro atoms. The summed E-state index contributed by atoms with van der Waals surface area (Å²) in [4.78, 5) is 13.8. The topological polar surface area (TPSA) is 46.5 Å². The van der Waals surface area contributed by atoms with Gasteiger partial charge in [-0.15, -0.1) is 0 Å². The first-order valence-electron chi connectivity index (χ1n) is 3.39. The Labute approximate surface area is 78.6 Å². The fourth-order valence-corrected chi connectivity index (χ4v) is 1.13. The number of phenols is 1. The van der Waals surface area contributed by atoms with Crippen LogP contribution >= 0.6 is 11.6 Å². The lowest BCUT2D eigenvalue weighted by Crippen LogP contribution is -2.02. The van der Waals surface area contributed by atoms with E-state index in [-0.39, 0.29) is 21.9 Å². The Kier molecular flexibility index (Phi) is 2.72. The molecule has 0 fully saturated rings. The zero-order valence-electron chi connectivity index (χ0n) is 6.67. The molecule has 0 unspecified atom stereocenters. The van der Waals surface area contributed by atoms with E-state index in [9.17, 15) is 14.4 Å². The van der Waals surface area contributed by atoms with Crippen LogP contribution in [0.5, 0.6) is 5.75 Å². The van der Waals surface area contributed by atoms with Crippen molar-refractivity contribution in [1.29, 1.82) is 0 Å². The van der Waals surface area contributed by atoms with Crippen molar-refractivity contribution in [3.8, 4) is 5.75 Å². The van der Waals surface area contributed by atoms with Gasteiger partial charge >= 0.3 is 5.97 Å². The van der Waals surface area contributed by atoms with Crippen molar-refractivity contribution in [2.75, 3.05) is 0 Å².